The molecule has 1 aromatic heterocycles. The third kappa shape index (κ3) is 4.26. The number of aromatic nitrogens is 1. The predicted octanol–water partition coefficient (Wildman–Crippen LogP) is 4.52. The number of fused-ring (bicyclic) bond motifs is 1. The van der Waals surface area contributed by atoms with Gasteiger partial charge in [0.15, 0.2) is 17.2 Å². The molecule has 2 heterocycles. The van der Waals surface area contributed by atoms with Crippen molar-refractivity contribution in [3.8, 4) is 23.0 Å². The molecule has 0 saturated carbocycles. The highest BCUT2D eigenvalue weighted by atomic mass is 35.5. The first-order chi connectivity index (χ1) is 14.5. The van der Waals surface area contributed by atoms with Gasteiger partial charge >= 0.3 is 5.97 Å². The second kappa shape index (κ2) is 8.26. The molecule has 4 rings (SSSR count). The number of non-ortho nitro benzene ring substituents is 1. The van der Waals surface area contributed by atoms with Crippen molar-refractivity contribution in [1.82, 2.24) is 4.98 Å². The molecule has 0 atom stereocenters. The lowest BCUT2D eigenvalue weighted by atomic mass is 10.2. The number of hydrogen-bond acceptors (Lipinski definition) is 8. The minimum absolute atomic E-state index is 0.0374. The van der Waals surface area contributed by atoms with Gasteiger partial charge in [-0.3, -0.25) is 10.1 Å². The Morgan fingerprint density at radius 3 is 2.70 bits per heavy atom. The lowest BCUT2D eigenvalue weighted by Crippen LogP contribution is -2.07. The highest BCUT2D eigenvalue weighted by Crippen LogP contribution is 2.40. The summed E-state index contributed by atoms with van der Waals surface area (Å²) in [6.45, 7) is 0.0497. The van der Waals surface area contributed by atoms with Crippen molar-refractivity contribution < 1.29 is 28.7 Å². The molecule has 0 unspecified atom stereocenters. The summed E-state index contributed by atoms with van der Waals surface area (Å²) in [5.74, 6) is 1.01. The van der Waals surface area contributed by atoms with Crippen LogP contribution in [-0.4, -0.2) is 22.7 Å². The second-order valence-corrected chi connectivity index (χ2v) is 6.52. The Labute approximate surface area is 174 Å². The van der Waals surface area contributed by atoms with Gasteiger partial charge in [0.1, 0.15) is 18.1 Å². The number of carbonyl (C=O) groups is 1. The third-order valence-corrected chi connectivity index (χ3v) is 4.36. The summed E-state index contributed by atoms with van der Waals surface area (Å²) in [6, 6.07) is 11.8. The van der Waals surface area contributed by atoms with Crippen LogP contribution in [0.15, 0.2) is 54.7 Å². The van der Waals surface area contributed by atoms with Crippen LogP contribution in [0.25, 0.3) is 0 Å². The van der Waals surface area contributed by atoms with Crippen LogP contribution in [0.4, 0.5) is 5.69 Å². The van der Waals surface area contributed by atoms with Crippen LogP contribution in [-0.2, 0) is 11.3 Å². The number of pyridine rings is 1. The minimum Gasteiger partial charge on any atom is -0.457 e. The number of benzene rings is 2. The normalized spacial score (nSPS) is 11.8. The van der Waals surface area contributed by atoms with E-state index < -0.39 is 10.9 Å². The lowest BCUT2D eigenvalue weighted by Gasteiger charge is -2.08. The van der Waals surface area contributed by atoms with Gasteiger partial charge in [0, 0.05) is 24.4 Å². The van der Waals surface area contributed by atoms with E-state index in [1.807, 2.05) is 0 Å². The SMILES string of the molecule is O=C(OCc1cc(Cl)c2c(c1)OCO2)c1cc(Oc2ccc([N+](=O)[O-])cc2)ccn1. The Bertz CT molecular complexity index is 1120. The summed E-state index contributed by atoms with van der Waals surface area (Å²) in [4.78, 5) is 26.6. The molecule has 0 spiro atoms. The molecule has 1 aliphatic rings. The monoisotopic (exact) mass is 428 g/mol. The van der Waals surface area contributed by atoms with Gasteiger partial charge in [-0.05, 0) is 35.9 Å². The maximum Gasteiger partial charge on any atom is 0.357 e. The van der Waals surface area contributed by atoms with Crippen LogP contribution in [0.3, 0.4) is 0 Å². The highest BCUT2D eigenvalue weighted by Gasteiger charge is 2.19. The maximum atomic E-state index is 12.4. The zero-order chi connectivity index (χ0) is 21.1. The Morgan fingerprint density at radius 2 is 1.93 bits per heavy atom. The van der Waals surface area contributed by atoms with E-state index in [2.05, 4.69) is 4.98 Å². The molecule has 2 aromatic carbocycles. The van der Waals surface area contributed by atoms with Crippen LogP contribution in [0, 0.1) is 10.1 Å². The van der Waals surface area contributed by atoms with Crippen LogP contribution in [0.5, 0.6) is 23.0 Å². The molecular formula is C20H13ClN2O7. The molecule has 0 bridgehead atoms. The molecule has 10 heteroatoms. The van der Waals surface area contributed by atoms with E-state index in [4.69, 9.17) is 30.5 Å². The van der Waals surface area contributed by atoms with Crippen molar-refractivity contribution in [2.24, 2.45) is 0 Å². The fourth-order valence-corrected chi connectivity index (χ4v) is 2.97. The number of nitro benzene ring substituents is 1. The summed E-state index contributed by atoms with van der Waals surface area (Å²) < 4.78 is 21.4. The summed E-state index contributed by atoms with van der Waals surface area (Å²) >= 11 is 6.12. The highest BCUT2D eigenvalue weighted by molar-refractivity contribution is 6.32. The van der Waals surface area contributed by atoms with Gasteiger partial charge in [-0.25, -0.2) is 9.78 Å². The van der Waals surface area contributed by atoms with Gasteiger partial charge in [-0.2, -0.15) is 0 Å². The fraction of sp³-hybridized carbons (Fsp3) is 0.100. The zero-order valence-corrected chi connectivity index (χ0v) is 16.0. The van der Waals surface area contributed by atoms with Gasteiger partial charge in [0.05, 0.1) is 9.95 Å². The van der Waals surface area contributed by atoms with Crippen molar-refractivity contribution in [2.75, 3.05) is 6.79 Å². The van der Waals surface area contributed by atoms with Gasteiger partial charge in [0.2, 0.25) is 6.79 Å². The number of esters is 1. The van der Waals surface area contributed by atoms with Crippen LogP contribution < -0.4 is 14.2 Å². The number of halogens is 1. The first-order valence-electron chi connectivity index (χ1n) is 8.63. The zero-order valence-electron chi connectivity index (χ0n) is 15.2. The lowest BCUT2D eigenvalue weighted by molar-refractivity contribution is -0.384. The van der Waals surface area contributed by atoms with Crippen LogP contribution in [0.2, 0.25) is 5.02 Å². The first-order valence-corrected chi connectivity index (χ1v) is 9.01. The second-order valence-electron chi connectivity index (χ2n) is 6.12. The molecule has 0 amide bonds. The average molecular weight is 429 g/mol. The van der Waals surface area contributed by atoms with E-state index in [1.165, 1.54) is 36.5 Å². The molecule has 0 radical (unpaired) electrons. The summed E-state index contributed by atoms with van der Waals surface area (Å²) in [6.07, 6.45) is 1.40. The van der Waals surface area contributed by atoms with Crippen molar-refractivity contribution in [2.45, 2.75) is 6.61 Å². The fourth-order valence-electron chi connectivity index (χ4n) is 2.69. The Hall–Kier alpha value is -3.85. The average Bonchev–Trinajstić information content (AvgIpc) is 3.22. The molecular weight excluding hydrogens is 416 g/mol. The van der Waals surface area contributed by atoms with Crippen LogP contribution in [0.1, 0.15) is 16.1 Å². The van der Waals surface area contributed by atoms with Gasteiger partial charge < -0.3 is 18.9 Å². The van der Waals surface area contributed by atoms with Gasteiger partial charge in [-0.1, -0.05) is 11.6 Å². The Morgan fingerprint density at radius 1 is 1.13 bits per heavy atom. The van der Waals surface area contributed by atoms with E-state index in [1.54, 1.807) is 18.2 Å². The number of nitro groups is 1. The molecule has 1 aliphatic heterocycles. The van der Waals surface area contributed by atoms with E-state index in [0.717, 1.165) is 0 Å². The molecule has 9 nitrogen and oxygen atoms in total. The van der Waals surface area contributed by atoms with Crippen molar-refractivity contribution in [3.05, 3.63) is 81.1 Å². The standard InChI is InChI=1S/C20H13ClN2O7/c21-16-7-12(8-18-19(16)29-11-28-18)10-27-20(24)17-9-15(5-6-22-17)30-14-3-1-13(2-4-14)23(25)26/h1-9H,10-11H2. The number of ether oxygens (including phenoxy) is 4. The molecule has 152 valence electrons. The van der Waals surface area contributed by atoms with Gasteiger partial charge in [0.25, 0.3) is 5.69 Å². The largest absolute Gasteiger partial charge is 0.457 e. The molecule has 0 saturated heterocycles. The summed E-state index contributed by atoms with van der Waals surface area (Å²) in [7, 11) is 0. The maximum absolute atomic E-state index is 12.4. The quantitative estimate of drug-likeness (QED) is 0.320. The van der Waals surface area contributed by atoms with E-state index >= 15 is 0 Å². The van der Waals surface area contributed by atoms with Crippen LogP contribution >= 0.6 is 11.6 Å². The Balaban J connectivity index is 1.41. The molecule has 30 heavy (non-hydrogen) atoms. The van der Waals surface area contributed by atoms with Crippen molar-refractivity contribution >= 4 is 23.3 Å². The molecule has 0 aliphatic carbocycles. The topological polar surface area (TPSA) is 110 Å². The van der Waals surface area contributed by atoms with Crippen molar-refractivity contribution in [1.29, 1.82) is 0 Å². The molecule has 0 N–H and O–H groups in total. The summed E-state index contributed by atoms with van der Waals surface area (Å²) in [5.41, 5.74) is 0.627. The van der Waals surface area contributed by atoms with E-state index in [-0.39, 0.29) is 24.8 Å². The first kappa shape index (κ1) is 19.5. The van der Waals surface area contributed by atoms with Gasteiger partial charge in [-0.15, -0.1) is 0 Å². The predicted molar refractivity (Wildman–Crippen MR) is 104 cm³/mol. The molecule has 0 fully saturated rings. The number of rotatable bonds is 6. The van der Waals surface area contributed by atoms with Crippen molar-refractivity contribution in [3.63, 3.8) is 0 Å². The number of nitrogens with zero attached hydrogens (tertiary/aromatic N) is 2. The Kier molecular flexibility index (Phi) is 5.36. The number of hydrogen-bond donors (Lipinski definition) is 0. The summed E-state index contributed by atoms with van der Waals surface area (Å²) in [5, 5.41) is 11.1. The van der Waals surface area contributed by atoms with E-state index in [0.29, 0.717) is 33.6 Å². The van der Waals surface area contributed by atoms with E-state index in [9.17, 15) is 14.9 Å². The smallest absolute Gasteiger partial charge is 0.357 e. The third-order valence-electron chi connectivity index (χ3n) is 4.08. The molecule has 3 aromatic rings. The number of carbonyl (C=O) groups excluding carboxylic acids is 1. The minimum atomic E-state index is -0.655.